The molecular formula is C12H15ClN4. The van der Waals surface area contributed by atoms with Gasteiger partial charge in [0.25, 0.3) is 0 Å². The Bertz CT molecular complexity index is 495. The summed E-state index contributed by atoms with van der Waals surface area (Å²) >= 11 is 6.14. The zero-order valence-electron chi connectivity index (χ0n) is 9.68. The Labute approximate surface area is 105 Å². The number of aromatic nitrogens is 3. The fraction of sp³-hybridized carbons (Fsp3) is 0.333. The summed E-state index contributed by atoms with van der Waals surface area (Å²) in [6, 6.07) is 7.29. The standard InChI is InChI=1S/C12H15ClN4/c1-2-7-17-11(8-15-16-17)12(14)9-5-3-4-6-10(9)13/h3-6,8,12H,2,7,14H2,1H3. The Morgan fingerprint density at radius 3 is 2.88 bits per heavy atom. The highest BCUT2D eigenvalue weighted by molar-refractivity contribution is 6.31. The highest BCUT2D eigenvalue weighted by Gasteiger charge is 2.16. The molecule has 0 saturated heterocycles. The van der Waals surface area contributed by atoms with E-state index in [9.17, 15) is 0 Å². The first kappa shape index (κ1) is 12.1. The average Bonchev–Trinajstić information content (AvgIpc) is 2.78. The highest BCUT2D eigenvalue weighted by Crippen LogP contribution is 2.25. The summed E-state index contributed by atoms with van der Waals surface area (Å²) in [5.74, 6) is 0. The number of hydrogen-bond donors (Lipinski definition) is 1. The molecule has 0 radical (unpaired) electrons. The maximum absolute atomic E-state index is 6.21. The molecule has 0 bridgehead atoms. The molecule has 90 valence electrons. The summed E-state index contributed by atoms with van der Waals surface area (Å²) in [5.41, 5.74) is 7.99. The Morgan fingerprint density at radius 1 is 1.41 bits per heavy atom. The van der Waals surface area contributed by atoms with E-state index in [1.54, 1.807) is 6.20 Å². The van der Waals surface area contributed by atoms with E-state index < -0.39 is 0 Å². The smallest absolute Gasteiger partial charge is 0.0800 e. The van der Waals surface area contributed by atoms with Gasteiger partial charge < -0.3 is 5.73 Å². The van der Waals surface area contributed by atoms with Crippen LogP contribution >= 0.6 is 11.6 Å². The monoisotopic (exact) mass is 250 g/mol. The summed E-state index contributed by atoms with van der Waals surface area (Å²) in [6.07, 6.45) is 2.69. The first-order chi connectivity index (χ1) is 8.24. The number of aryl methyl sites for hydroxylation is 1. The molecule has 2 aromatic rings. The van der Waals surface area contributed by atoms with Crippen LogP contribution in [0.2, 0.25) is 5.02 Å². The van der Waals surface area contributed by atoms with Crippen LogP contribution in [0.4, 0.5) is 0 Å². The van der Waals surface area contributed by atoms with Gasteiger partial charge in [0.2, 0.25) is 0 Å². The second-order valence-corrected chi connectivity index (χ2v) is 4.29. The summed E-state index contributed by atoms with van der Waals surface area (Å²) in [6.45, 7) is 2.90. The van der Waals surface area contributed by atoms with E-state index >= 15 is 0 Å². The second kappa shape index (κ2) is 5.29. The first-order valence-electron chi connectivity index (χ1n) is 5.62. The zero-order valence-corrected chi connectivity index (χ0v) is 10.4. The van der Waals surface area contributed by atoms with Crippen LogP contribution in [0.5, 0.6) is 0 Å². The van der Waals surface area contributed by atoms with Crippen LogP contribution in [0, 0.1) is 0 Å². The molecule has 4 nitrogen and oxygen atoms in total. The van der Waals surface area contributed by atoms with Gasteiger partial charge in [-0.05, 0) is 18.1 Å². The van der Waals surface area contributed by atoms with Gasteiger partial charge in [0.15, 0.2) is 0 Å². The van der Waals surface area contributed by atoms with Gasteiger partial charge >= 0.3 is 0 Å². The molecule has 1 heterocycles. The lowest BCUT2D eigenvalue weighted by molar-refractivity contribution is 0.543. The number of halogens is 1. The van der Waals surface area contributed by atoms with Crippen molar-refractivity contribution in [1.82, 2.24) is 15.0 Å². The Morgan fingerprint density at radius 2 is 2.18 bits per heavy atom. The molecule has 1 aromatic heterocycles. The number of rotatable bonds is 4. The van der Waals surface area contributed by atoms with Crippen LogP contribution in [0.15, 0.2) is 30.5 Å². The molecule has 17 heavy (non-hydrogen) atoms. The molecular weight excluding hydrogens is 236 g/mol. The lowest BCUT2D eigenvalue weighted by Gasteiger charge is -2.14. The predicted molar refractivity (Wildman–Crippen MR) is 67.8 cm³/mol. The quantitative estimate of drug-likeness (QED) is 0.907. The number of nitrogens with zero attached hydrogens (tertiary/aromatic N) is 3. The first-order valence-corrected chi connectivity index (χ1v) is 6.00. The minimum atomic E-state index is -0.287. The molecule has 0 aliphatic rings. The largest absolute Gasteiger partial charge is 0.319 e. The van der Waals surface area contributed by atoms with Crippen molar-refractivity contribution in [3.63, 3.8) is 0 Å². The zero-order chi connectivity index (χ0) is 12.3. The van der Waals surface area contributed by atoms with Gasteiger partial charge in [0.05, 0.1) is 17.9 Å². The molecule has 1 aromatic carbocycles. The van der Waals surface area contributed by atoms with Crippen molar-refractivity contribution in [3.05, 3.63) is 46.7 Å². The topological polar surface area (TPSA) is 56.7 Å². The SMILES string of the molecule is CCCn1nncc1C(N)c1ccccc1Cl. The molecule has 0 fully saturated rings. The van der Waals surface area contributed by atoms with Crippen LogP contribution in [0.3, 0.4) is 0 Å². The summed E-state index contributed by atoms with van der Waals surface area (Å²) in [5, 5.41) is 8.60. The fourth-order valence-corrected chi connectivity index (χ4v) is 2.03. The van der Waals surface area contributed by atoms with Gasteiger partial charge in [-0.25, -0.2) is 4.68 Å². The van der Waals surface area contributed by atoms with Crippen LogP contribution in [-0.2, 0) is 6.54 Å². The molecule has 5 heteroatoms. The molecule has 1 unspecified atom stereocenters. The van der Waals surface area contributed by atoms with Crippen molar-refractivity contribution in [2.24, 2.45) is 5.73 Å². The maximum Gasteiger partial charge on any atom is 0.0800 e. The number of nitrogens with two attached hydrogens (primary N) is 1. The van der Waals surface area contributed by atoms with Crippen molar-refractivity contribution in [2.45, 2.75) is 25.9 Å². The number of hydrogen-bond acceptors (Lipinski definition) is 3. The van der Waals surface area contributed by atoms with Gasteiger partial charge in [-0.15, -0.1) is 5.10 Å². The third-order valence-corrected chi connectivity index (χ3v) is 2.99. The average molecular weight is 251 g/mol. The second-order valence-electron chi connectivity index (χ2n) is 3.88. The van der Waals surface area contributed by atoms with Crippen molar-refractivity contribution >= 4 is 11.6 Å². The van der Waals surface area contributed by atoms with E-state index in [-0.39, 0.29) is 6.04 Å². The van der Waals surface area contributed by atoms with Gasteiger partial charge in [0.1, 0.15) is 0 Å². The third kappa shape index (κ3) is 2.48. The Kier molecular flexibility index (Phi) is 3.76. The molecule has 0 aliphatic heterocycles. The van der Waals surface area contributed by atoms with Gasteiger partial charge in [0, 0.05) is 11.6 Å². The van der Waals surface area contributed by atoms with Crippen LogP contribution < -0.4 is 5.73 Å². The fourth-order valence-electron chi connectivity index (χ4n) is 1.78. The van der Waals surface area contributed by atoms with Crippen molar-refractivity contribution < 1.29 is 0 Å². The predicted octanol–water partition coefficient (Wildman–Crippen LogP) is 2.39. The lowest BCUT2D eigenvalue weighted by Crippen LogP contribution is -2.17. The molecule has 2 N–H and O–H groups in total. The normalized spacial score (nSPS) is 12.6. The molecule has 1 atom stereocenters. The van der Waals surface area contributed by atoms with E-state index in [4.69, 9.17) is 17.3 Å². The minimum Gasteiger partial charge on any atom is -0.319 e. The molecule has 0 spiro atoms. The summed E-state index contributed by atoms with van der Waals surface area (Å²) < 4.78 is 1.83. The third-order valence-electron chi connectivity index (χ3n) is 2.64. The Hall–Kier alpha value is -1.39. The molecule has 0 aliphatic carbocycles. The summed E-state index contributed by atoms with van der Waals surface area (Å²) in [7, 11) is 0. The molecule has 0 amide bonds. The van der Waals surface area contributed by atoms with Crippen molar-refractivity contribution in [2.75, 3.05) is 0 Å². The molecule has 0 saturated carbocycles. The summed E-state index contributed by atoms with van der Waals surface area (Å²) in [4.78, 5) is 0. The lowest BCUT2D eigenvalue weighted by atomic mass is 10.1. The van der Waals surface area contributed by atoms with E-state index in [1.807, 2.05) is 28.9 Å². The van der Waals surface area contributed by atoms with Crippen molar-refractivity contribution in [1.29, 1.82) is 0 Å². The van der Waals surface area contributed by atoms with Crippen LogP contribution in [0.25, 0.3) is 0 Å². The van der Waals surface area contributed by atoms with Gasteiger partial charge in [-0.3, -0.25) is 0 Å². The van der Waals surface area contributed by atoms with Crippen LogP contribution in [0.1, 0.15) is 30.6 Å². The van der Waals surface area contributed by atoms with Gasteiger partial charge in [-0.1, -0.05) is 41.9 Å². The number of benzene rings is 1. The van der Waals surface area contributed by atoms with Crippen molar-refractivity contribution in [3.8, 4) is 0 Å². The maximum atomic E-state index is 6.21. The van der Waals surface area contributed by atoms with E-state index in [0.717, 1.165) is 24.2 Å². The highest BCUT2D eigenvalue weighted by atomic mass is 35.5. The minimum absolute atomic E-state index is 0.287. The van der Waals surface area contributed by atoms with Gasteiger partial charge in [-0.2, -0.15) is 0 Å². The Balaban J connectivity index is 2.34. The van der Waals surface area contributed by atoms with E-state index in [2.05, 4.69) is 17.2 Å². The van der Waals surface area contributed by atoms with E-state index in [1.165, 1.54) is 0 Å². The van der Waals surface area contributed by atoms with E-state index in [0.29, 0.717) is 5.02 Å². The van der Waals surface area contributed by atoms with Crippen LogP contribution in [-0.4, -0.2) is 15.0 Å². The molecule has 2 rings (SSSR count).